The van der Waals surface area contributed by atoms with Crippen LogP contribution in [0.15, 0.2) is 73.7 Å². The van der Waals surface area contributed by atoms with Crippen molar-refractivity contribution in [2.45, 2.75) is 31.4 Å². The van der Waals surface area contributed by atoms with E-state index in [-0.39, 0.29) is 11.9 Å². The van der Waals surface area contributed by atoms with Gasteiger partial charge in [0.1, 0.15) is 17.7 Å². The zero-order valence-corrected chi connectivity index (χ0v) is 22.6. The third-order valence-electron chi connectivity index (χ3n) is 8.02. The SMILES string of the molecule is C[C@](O)(c1ccc(F)cc1)c1cnc(N2CC=C(c3ncnn4cc(-c5cnn(C6CCOC6)c5)cc34)CC2)nc1. The third-order valence-corrected chi connectivity index (χ3v) is 8.02. The van der Waals surface area contributed by atoms with E-state index in [4.69, 9.17) is 4.74 Å². The average Bonchev–Trinajstić information content (AvgIpc) is 3.78. The minimum Gasteiger partial charge on any atom is -0.381 e. The second-order valence-corrected chi connectivity index (χ2v) is 10.7. The molecule has 10 nitrogen and oxygen atoms in total. The van der Waals surface area contributed by atoms with Gasteiger partial charge in [0, 0.05) is 61.2 Å². The van der Waals surface area contributed by atoms with Gasteiger partial charge in [0.2, 0.25) is 5.95 Å². The Balaban J connectivity index is 1.09. The maximum Gasteiger partial charge on any atom is 0.225 e. The van der Waals surface area contributed by atoms with Gasteiger partial charge in [-0.25, -0.2) is 23.9 Å². The van der Waals surface area contributed by atoms with E-state index in [1.165, 1.54) is 12.1 Å². The first-order valence-corrected chi connectivity index (χ1v) is 13.7. The fourth-order valence-electron chi connectivity index (χ4n) is 5.50. The topological polar surface area (TPSA) is 106 Å². The zero-order valence-electron chi connectivity index (χ0n) is 22.6. The first kappa shape index (κ1) is 25.5. The number of rotatable bonds is 6. The van der Waals surface area contributed by atoms with E-state index in [0.717, 1.165) is 53.9 Å². The molecule has 1 saturated heterocycles. The number of aliphatic hydroxyl groups is 1. The minimum atomic E-state index is -1.33. The predicted octanol–water partition coefficient (Wildman–Crippen LogP) is 4.03. The molecule has 2 aliphatic rings. The molecule has 0 saturated carbocycles. The summed E-state index contributed by atoms with van der Waals surface area (Å²) < 4.78 is 22.7. The lowest BCUT2D eigenvalue weighted by Gasteiger charge is -2.28. The van der Waals surface area contributed by atoms with Crippen molar-refractivity contribution in [3.63, 3.8) is 0 Å². The molecule has 208 valence electrons. The lowest BCUT2D eigenvalue weighted by molar-refractivity contribution is 0.101. The van der Waals surface area contributed by atoms with Crippen molar-refractivity contribution in [3.05, 3.63) is 96.4 Å². The number of hydrogen-bond donors (Lipinski definition) is 1. The summed E-state index contributed by atoms with van der Waals surface area (Å²) in [4.78, 5) is 15.8. The van der Waals surface area contributed by atoms with Gasteiger partial charge < -0.3 is 14.7 Å². The van der Waals surface area contributed by atoms with Crippen molar-refractivity contribution in [2.75, 3.05) is 31.2 Å². The third kappa shape index (κ3) is 4.76. The summed E-state index contributed by atoms with van der Waals surface area (Å²) in [6.07, 6.45) is 14.7. The monoisotopic (exact) mass is 552 g/mol. The molecular weight excluding hydrogens is 523 g/mol. The van der Waals surface area contributed by atoms with Crippen LogP contribution >= 0.6 is 0 Å². The summed E-state index contributed by atoms with van der Waals surface area (Å²) in [5.74, 6) is 0.234. The largest absolute Gasteiger partial charge is 0.381 e. The Morgan fingerprint density at radius 1 is 1.00 bits per heavy atom. The molecule has 2 aliphatic heterocycles. The van der Waals surface area contributed by atoms with Crippen LogP contribution < -0.4 is 4.90 Å². The van der Waals surface area contributed by atoms with E-state index in [2.05, 4.69) is 48.4 Å². The molecule has 6 heterocycles. The summed E-state index contributed by atoms with van der Waals surface area (Å²) in [5, 5.41) is 20.1. The van der Waals surface area contributed by atoms with Crippen LogP contribution in [0.25, 0.3) is 22.2 Å². The first-order valence-electron chi connectivity index (χ1n) is 13.7. The molecule has 4 aromatic heterocycles. The molecule has 0 aliphatic carbocycles. The molecule has 1 N–H and O–H groups in total. The zero-order chi connectivity index (χ0) is 28.0. The predicted molar refractivity (Wildman–Crippen MR) is 151 cm³/mol. The van der Waals surface area contributed by atoms with Gasteiger partial charge in [0.05, 0.1) is 30.1 Å². The lowest BCUT2D eigenvalue weighted by Crippen LogP contribution is -2.30. The second kappa shape index (κ2) is 10.2. The smallest absolute Gasteiger partial charge is 0.225 e. The molecular formula is C30H29FN8O2. The summed E-state index contributed by atoms with van der Waals surface area (Å²) in [6, 6.07) is 8.20. The van der Waals surface area contributed by atoms with Crippen molar-refractivity contribution in [1.82, 2.24) is 34.3 Å². The Labute approximate surface area is 235 Å². The highest BCUT2D eigenvalue weighted by Crippen LogP contribution is 2.31. The van der Waals surface area contributed by atoms with Crippen molar-refractivity contribution in [1.29, 1.82) is 0 Å². The van der Waals surface area contributed by atoms with Crippen molar-refractivity contribution in [3.8, 4) is 11.1 Å². The van der Waals surface area contributed by atoms with Crippen molar-refractivity contribution < 1.29 is 14.2 Å². The van der Waals surface area contributed by atoms with Crippen LogP contribution in [0.3, 0.4) is 0 Å². The maximum atomic E-state index is 13.3. The molecule has 0 bridgehead atoms. The van der Waals surface area contributed by atoms with Crippen LogP contribution in [0, 0.1) is 5.82 Å². The van der Waals surface area contributed by atoms with Crippen LogP contribution in [-0.4, -0.2) is 65.8 Å². The molecule has 7 rings (SSSR count). The van der Waals surface area contributed by atoms with Gasteiger partial charge in [-0.3, -0.25) is 4.68 Å². The van der Waals surface area contributed by atoms with Gasteiger partial charge >= 0.3 is 0 Å². The number of fused-ring (bicyclic) bond motifs is 1. The van der Waals surface area contributed by atoms with Crippen LogP contribution in [0.5, 0.6) is 0 Å². The summed E-state index contributed by atoms with van der Waals surface area (Å²) in [6.45, 7) is 4.48. The number of benzene rings is 1. The molecule has 1 fully saturated rings. The standard InChI is InChI=1S/C30H29FN8O2/c1-30(40,23-2-4-25(31)5-3-23)24-14-32-29(33-15-24)37-9-6-20(7-10-37)28-27-12-21(16-39(27)36-19-34-28)22-13-35-38(17-22)26-8-11-41-18-26/h2-6,12-17,19,26,40H,7-11,18H2,1H3/t26?,30-/m0/s1. The molecule has 2 atom stereocenters. The molecule has 0 radical (unpaired) electrons. The Morgan fingerprint density at radius 3 is 2.56 bits per heavy atom. The van der Waals surface area contributed by atoms with Gasteiger partial charge in [0.25, 0.3) is 0 Å². The highest BCUT2D eigenvalue weighted by molar-refractivity contribution is 5.80. The Kier molecular flexibility index (Phi) is 6.32. The van der Waals surface area contributed by atoms with Crippen LogP contribution in [0.4, 0.5) is 10.3 Å². The molecule has 1 aromatic carbocycles. The lowest BCUT2D eigenvalue weighted by atomic mass is 9.90. The molecule has 0 spiro atoms. The minimum absolute atomic E-state index is 0.287. The number of ether oxygens (including phenoxy) is 1. The second-order valence-electron chi connectivity index (χ2n) is 10.7. The molecule has 5 aromatic rings. The van der Waals surface area contributed by atoms with Gasteiger partial charge in [-0.2, -0.15) is 10.2 Å². The Hall–Kier alpha value is -4.48. The number of anilines is 1. The van der Waals surface area contributed by atoms with Crippen molar-refractivity contribution >= 4 is 17.0 Å². The fraction of sp³-hybridized carbons (Fsp3) is 0.300. The van der Waals surface area contributed by atoms with Gasteiger partial charge in [-0.15, -0.1) is 0 Å². The van der Waals surface area contributed by atoms with Crippen molar-refractivity contribution in [2.24, 2.45) is 0 Å². The van der Waals surface area contributed by atoms with Crippen LogP contribution in [0.1, 0.15) is 42.6 Å². The molecule has 41 heavy (non-hydrogen) atoms. The summed E-state index contributed by atoms with van der Waals surface area (Å²) in [5.41, 5.74) is 4.86. The van der Waals surface area contributed by atoms with E-state index in [1.807, 2.05) is 21.6 Å². The Morgan fingerprint density at radius 2 is 1.83 bits per heavy atom. The fourth-order valence-corrected chi connectivity index (χ4v) is 5.50. The van der Waals surface area contributed by atoms with E-state index >= 15 is 0 Å². The normalized spacial score (nSPS) is 19.0. The highest BCUT2D eigenvalue weighted by atomic mass is 19.1. The van der Waals surface area contributed by atoms with Gasteiger partial charge in [-0.1, -0.05) is 18.2 Å². The van der Waals surface area contributed by atoms with E-state index < -0.39 is 5.60 Å². The highest BCUT2D eigenvalue weighted by Gasteiger charge is 2.27. The van der Waals surface area contributed by atoms with Gasteiger partial charge in [0.15, 0.2) is 0 Å². The molecule has 11 heteroatoms. The molecule has 1 unspecified atom stereocenters. The number of nitrogens with zero attached hydrogens (tertiary/aromatic N) is 8. The Bertz CT molecular complexity index is 1720. The van der Waals surface area contributed by atoms with E-state index in [9.17, 15) is 9.50 Å². The van der Waals surface area contributed by atoms with Gasteiger partial charge in [-0.05, 0) is 49.1 Å². The number of halogens is 1. The van der Waals surface area contributed by atoms with E-state index in [0.29, 0.717) is 30.2 Å². The quantitative estimate of drug-likeness (QED) is 0.337. The summed E-state index contributed by atoms with van der Waals surface area (Å²) in [7, 11) is 0. The van der Waals surface area contributed by atoms with Crippen LogP contribution in [-0.2, 0) is 10.3 Å². The van der Waals surface area contributed by atoms with E-state index in [1.54, 1.807) is 37.8 Å². The first-order chi connectivity index (χ1) is 20.0. The number of hydrogen-bond acceptors (Lipinski definition) is 8. The average molecular weight is 553 g/mol. The van der Waals surface area contributed by atoms with Crippen LogP contribution in [0.2, 0.25) is 0 Å². The number of aromatic nitrogens is 7. The maximum absolute atomic E-state index is 13.3. The molecule has 0 amide bonds. The summed E-state index contributed by atoms with van der Waals surface area (Å²) >= 11 is 0.